The predicted octanol–water partition coefficient (Wildman–Crippen LogP) is 2.33. The minimum atomic E-state index is 0.376. The van der Waals surface area contributed by atoms with Crippen molar-refractivity contribution in [2.24, 2.45) is 5.92 Å². The van der Waals surface area contributed by atoms with Crippen molar-refractivity contribution in [3.05, 3.63) is 0 Å². The second kappa shape index (κ2) is 6.72. The summed E-state index contributed by atoms with van der Waals surface area (Å²) in [6, 6.07) is 0.955. The molecule has 1 aliphatic carbocycles. The van der Waals surface area contributed by atoms with Crippen molar-refractivity contribution >= 4 is 11.9 Å². The van der Waals surface area contributed by atoms with Crippen molar-refractivity contribution < 1.29 is 4.74 Å². The second-order valence-corrected chi connectivity index (χ2v) is 5.58. The number of nitrogens with zero attached hydrogens (tertiary/aromatic N) is 4. The molecule has 1 aromatic rings. The van der Waals surface area contributed by atoms with Gasteiger partial charge in [0.1, 0.15) is 0 Å². The number of ether oxygens (including phenoxy) is 1. The van der Waals surface area contributed by atoms with Gasteiger partial charge in [0, 0.05) is 19.1 Å². The molecular formula is C14H25N5O. The van der Waals surface area contributed by atoms with E-state index in [-0.39, 0.29) is 0 Å². The molecule has 0 radical (unpaired) electrons. The first-order chi connectivity index (χ1) is 9.63. The SMILES string of the molecule is CCNc1nc(OC)nc(N(CCC(C)C)C2CC2)n1. The Morgan fingerprint density at radius 1 is 1.30 bits per heavy atom. The van der Waals surface area contributed by atoms with Crippen LogP contribution in [0.1, 0.15) is 40.0 Å². The van der Waals surface area contributed by atoms with Crippen molar-refractivity contribution in [1.82, 2.24) is 15.0 Å². The Balaban J connectivity index is 2.19. The highest BCUT2D eigenvalue weighted by molar-refractivity contribution is 5.40. The average Bonchev–Trinajstić information content (AvgIpc) is 3.23. The minimum absolute atomic E-state index is 0.376. The van der Waals surface area contributed by atoms with Gasteiger partial charge in [-0.15, -0.1) is 0 Å². The maximum absolute atomic E-state index is 5.19. The molecule has 6 heteroatoms. The maximum atomic E-state index is 5.19. The van der Waals surface area contributed by atoms with Crippen LogP contribution in [-0.2, 0) is 0 Å². The summed E-state index contributed by atoms with van der Waals surface area (Å²) in [4.78, 5) is 15.5. The van der Waals surface area contributed by atoms with Crippen LogP contribution in [0.15, 0.2) is 0 Å². The zero-order chi connectivity index (χ0) is 14.5. The fourth-order valence-corrected chi connectivity index (χ4v) is 2.03. The summed E-state index contributed by atoms with van der Waals surface area (Å²) in [6.07, 6.45) is 3.59. The number of aromatic nitrogens is 3. The number of hydrogen-bond acceptors (Lipinski definition) is 6. The van der Waals surface area contributed by atoms with Crippen LogP contribution in [0, 0.1) is 5.92 Å². The van der Waals surface area contributed by atoms with Gasteiger partial charge in [-0.3, -0.25) is 0 Å². The Morgan fingerprint density at radius 3 is 2.60 bits per heavy atom. The van der Waals surface area contributed by atoms with Gasteiger partial charge in [0.25, 0.3) is 0 Å². The Morgan fingerprint density at radius 2 is 2.05 bits per heavy atom. The van der Waals surface area contributed by atoms with Gasteiger partial charge in [-0.2, -0.15) is 15.0 Å². The first kappa shape index (κ1) is 14.8. The standard InChI is InChI=1S/C14H25N5O/c1-5-15-12-16-13(18-14(17-12)20-4)19(11-6-7-11)9-8-10(2)3/h10-11H,5-9H2,1-4H3,(H,15,16,17,18). The molecule has 20 heavy (non-hydrogen) atoms. The van der Waals surface area contributed by atoms with Gasteiger partial charge in [-0.05, 0) is 32.1 Å². The van der Waals surface area contributed by atoms with Gasteiger partial charge in [-0.25, -0.2) is 0 Å². The molecule has 0 amide bonds. The van der Waals surface area contributed by atoms with Crippen LogP contribution in [0.5, 0.6) is 6.01 Å². The molecule has 1 saturated carbocycles. The van der Waals surface area contributed by atoms with Crippen molar-refractivity contribution in [1.29, 1.82) is 0 Å². The molecular weight excluding hydrogens is 254 g/mol. The van der Waals surface area contributed by atoms with Gasteiger partial charge in [0.15, 0.2) is 0 Å². The normalized spacial score (nSPS) is 14.4. The molecule has 1 heterocycles. The van der Waals surface area contributed by atoms with Crippen molar-refractivity contribution in [2.75, 3.05) is 30.4 Å². The summed E-state index contributed by atoms with van der Waals surface area (Å²) in [7, 11) is 1.59. The number of anilines is 2. The van der Waals surface area contributed by atoms with Gasteiger partial charge in [0.2, 0.25) is 11.9 Å². The Bertz CT molecular complexity index is 434. The molecule has 0 unspecified atom stereocenters. The summed E-state index contributed by atoms with van der Waals surface area (Å²) >= 11 is 0. The van der Waals surface area contributed by atoms with E-state index < -0.39 is 0 Å². The zero-order valence-corrected chi connectivity index (χ0v) is 12.9. The number of hydrogen-bond donors (Lipinski definition) is 1. The lowest BCUT2D eigenvalue weighted by molar-refractivity contribution is 0.378. The van der Waals surface area contributed by atoms with Crippen molar-refractivity contribution in [3.63, 3.8) is 0 Å². The molecule has 0 bridgehead atoms. The van der Waals surface area contributed by atoms with Gasteiger partial charge >= 0.3 is 6.01 Å². The van der Waals surface area contributed by atoms with E-state index in [1.54, 1.807) is 7.11 Å². The number of methoxy groups -OCH3 is 1. The van der Waals surface area contributed by atoms with E-state index in [0.717, 1.165) is 25.5 Å². The van der Waals surface area contributed by atoms with Crippen LogP contribution in [0.25, 0.3) is 0 Å². The topological polar surface area (TPSA) is 63.2 Å². The quantitative estimate of drug-likeness (QED) is 0.788. The van der Waals surface area contributed by atoms with E-state index in [4.69, 9.17) is 4.74 Å². The lowest BCUT2D eigenvalue weighted by Crippen LogP contribution is -2.30. The fourth-order valence-electron chi connectivity index (χ4n) is 2.03. The van der Waals surface area contributed by atoms with Gasteiger partial charge < -0.3 is 15.0 Å². The van der Waals surface area contributed by atoms with E-state index in [0.29, 0.717) is 23.9 Å². The third-order valence-corrected chi connectivity index (χ3v) is 3.31. The first-order valence-corrected chi connectivity index (χ1v) is 7.44. The van der Waals surface area contributed by atoms with Crippen LogP contribution < -0.4 is 15.0 Å². The highest BCUT2D eigenvalue weighted by atomic mass is 16.5. The average molecular weight is 279 g/mol. The van der Waals surface area contributed by atoms with Crippen LogP contribution in [-0.4, -0.2) is 41.2 Å². The molecule has 0 aliphatic heterocycles. The highest BCUT2D eigenvalue weighted by Gasteiger charge is 2.31. The lowest BCUT2D eigenvalue weighted by atomic mass is 10.1. The first-order valence-electron chi connectivity index (χ1n) is 7.44. The third kappa shape index (κ3) is 3.95. The fraction of sp³-hybridized carbons (Fsp3) is 0.786. The van der Waals surface area contributed by atoms with E-state index in [2.05, 4.69) is 39.0 Å². The third-order valence-electron chi connectivity index (χ3n) is 3.31. The van der Waals surface area contributed by atoms with Gasteiger partial charge in [-0.1, -0.05) is 13.8 Å². The summed E-state index contributed by atoms with van der Waals surface area (Å²) in [5.41, 5.74) is 0. The molecule has 1 N–H and O–H groups in total. The van der Waals surface area contributed by atoms with Crippen molar-refractivity contribution in [2.45, 2.75) is 46.1 Å². The molecule has 2 rings (SSSR count). The van der Waals surface area contributed by atoms with Crippen LogP contribution in [0.4, 0.5) is 11.9 Å². The molecule has 6 nitrogen and oxygen atoms in total. The summed E-state index contributed by atoms with van der Waals surface area (Å²) in [6.45, 7) is 8.27. The molecule has 0 saturated heterocycles. The second-order valence-electron chi connectivity index (χ2n) is 5.58. The zero-order valence-electron chi connectivity index (χ0n) is 12.9. The predicted molar refractivity (Wildman–Crippen MR) is 80.4 cm³/mol. The number of nitrogens with one attached hydrogen (secondary N) is 1. The van der Waals surface area contributed by atoms with Crippen molar-refractivity contribution in [3.8, 4) is 6.01 Å². The monoisotopic (exact) mass is 279 g/mol. The molecule has 1 aromatic heterocycles. The summed E-state index contributed by atoms with van der Waals surface area (Å²) in [5.74, 6) is 1.99. The van der Waals surface area contributed by atoms with E-state index >= 15 is 0 Å². The maximum Gasteiger partial charge on any atom is 0.322 e. The van der Waals surface area contributed by atoms with E-state index in [9.17, 15) is 0 Å². The Kier molecular flexibility index (Phi) is 4.98. The van der Waals surface area contributed by atoms with E-state index in [1.807, 2.05) is 6.92 Å². The molecule has 0 aromatic carbocycles. The Labute approximate surface area is 121 Å². The van der Waals surface area contributed by atoms with Crippen LogP contribution in [0.3, 0.4) is 0 Å². The van der Waals surface area contributed by atoms with Gasteiger partial charge in [0.05, 0.1) is 7.11 Å². The summed E-state index contributed by atoms with van der Waals surface area (Å²) in [5, 5.41) is 3.13. The van der Waals surface area contributed by atoms with E-state index in [1.165, 1.54) is 12.8 Å². The molecule has 0 atom stereocenters. The molecule has 0 spiro atoms. The largest absolute Gasteiger partial charge is 0.467 e. The minimum Gasteiger partial charge on any atom is -0.467 e. The van der Waals surface area contributed by atoms with Crippen LogP contribution in [0.2, 0.25) is 0 Å². The summed E-state index contributed by atoms with van der Waals surface area (Å²) < 4.78 is 5.19. The molecule has 1 fully saturated rings. The molecule has 1 aliphatic rings. The highest BCUT2D eigenvalue weighted by Crippen LogP contribution is 2.31. The number of rotatable bonds is 8. The lowest BCUT2D eigenvalue weighted by Gasteiger charge is -2.23. The molecule has 112 valence electrons. The van der Waals surface area contributed by atoms with Crippen LogP contribution >= 0.6 is 0 Å². The Hall–Kier alpha value is -1.59. The smallest absolute Gasteiger partial charge is 0.322 e.